The first kappa shape index (κ1) is 17.6. The molecule has 0 bridgehead atoms. The van der Waals surface area contributed by atoms with Crippen LogP contribution in [-0.2, 0) is 11.3 Å². The van der Waals surface area contributed by atoms with Crippen molar-refractivity contribution in [3.05, 3.63) is 54.0 Å². The van der Waals surface area contributed by atoms with E-state index in [0.29, 0.717) is 6.54 Å². The van der Waals surface area contributed by atoms with Crippen LogP contribution in [0, 0.1) is 5.92 Å². The Hall–Kier alpha value is -2.76. The Balaban J connectivity index is 1.94. The second-order valence-corrected chi connectivity index (χ2v) is 5.74. The van der Waals surface area contributed by atoms with Crippen LogP contribution in [0.2, 0.25) is 0 Å². The molecule has 128 valence electrons. The fraction of sp³-hybridized carbons (Fsp3) is 0.333. The third-order valence-corrected chi connectivity index (χ3v) is 3.61. The molecule has 2 rings (SSSR count). The number of furan rings is 1. The number of nitrogens with one attached hydrogen (secondary N) is 2. The monoisotopic (exact) mass is 330 g/mol. The van der Waals surface area contributed by atoms with Gasteiger partial charge in [-0.05, 0) is 35.7 Å². The van der Waals surface area contributed by atoms with E-state index >= 15 is 0 Å². The lowest BCUT2D eigenvalue weighted by Gasteiger charge is -2.21. The van der Waals surface area contributed by atoms with Gasteiger partial charge in [-0.1, -0.05) is 26.0 Å². The fourth-order valence-corrected chi connectivity index (χ4v) is 2.20. The van der Waals surface area contributed by atoms with Crippen molar-refractivity contribution in [1.29, 1.82) is 0 Å². The molecule has 0 aliphatic rings. The van der Waals surface area contributed by atoms with Crippen molar-refractivity contribution in [1.82, 2.24) is 10.6 Å². The molecule has 6 nitrogen and oxygen atoms in total. The molecule has 0 aliphatic heterocycles. The average Bonchev–Trinajstić information content (AvgIpc) is 3.12. The van der Waals surface area contributed by atoms with E-state index in [-0.39, 0.29) is 17.6 Å². The van der Waals surface area contributed by atoms with E-state index in [9.17, 15) is 9.59 Å². The zero-order valence-electron chi connectivity index (χ0n) is 14.0. The summed E-state index contributed by atoms with van der Waals surface area (Å²) in [6, 6.07) is 9.97. The van der Waals surface area contributed by atoms with Gasteiger partial charge < -0.3 is 19.8 Å². The third kappa shape index (κ3) is 4.62. The van der Waals surface area contributed by atoms with Gasteiger partial charge in [0.2, 0.25) is 5.91 Å². The van der Waals surface area contributed by atoms with E-state index in [2.05, 4.69) is 10.6 Å². The molecule has 2 N–H and O–H groups in total. The summed E-state index contributed by atoms with van der Waals surface area (Å²) in [6.45, 7) is 4.13. The molecule has 1 heterocycles. The standard InChI is InChI=1S/C18H22N2O4/c1-12(2)16(20-17(21)15-5-4-10-24-15)18(22)19-11-13-6-8-14(23-3)9-7-13/h4-10,12,16H,11H2,1-3H3,(H,19,22)(H,20,21)/t16-/m1/s1. The summed E-state index contributed by atoms with van der Waals surface area (Å²) in [6.07, 6.45) is 1.42. The Morgan fingerprint density at radius 2 is 1.88 bits per heavy atom. The Labute approximate surface area is 141 Å². The largest absolute Gasteiger partial charge is 0.497 e. The number of carbonyl (C=O) groups is 2. The molecule has 24 heavy (non-hydrogen) atoms. The van der Waals surface area contributed by atoms with Gasteiger partial charge in [0.05, 0.1) is 13.4 Å². The fourth-order valence-electron chi connectivity index (χ4n) is 2.20. The lowest BCUT2D eigenvalue weighted by Crippen LogP contribution is -2.49. The highest BCUT2D eigenvalue weighted by molar-refractivity contribution is 5.95. The molecular formula is C18H22N2O4. The minimum Gasteiger partial charge on any atom is -0.497 e. The van der Waals surface area contributed by atoms with E-state index in [1.54, 1.807) is 19.2 Å². The molecule has 1 aromatic carbocycles. The van der Waals surface area contributed by atoms with Gasteiger partial charge in [0.15, 0.2) is 5.76 Å². The lowest BCUT2D eigenvalue weighted by atomic mass is 10.0. The topological polar surface area (TPSA) is 80.6 Å². The van der Waals surface area contributed by atoms with Gasteiger partial charge in [-0.25, -0.2) is 0 Å². The van der Waals surface area contributed by atoms with Gasteiger partial charge in [0, 0.05) is 6.54 Å². The van der Waals surface area contributed by atoms with E-state index in [0.717, 1.165) is 11.3 Å². The highest BCUT2D eigenvalue weighted by Gasteiger charge is 2.25. The van der Waals surface area contributed by atoms with Gasteiger partial charge in [0.25, 0.3) is 5.91 Å². The van der Waals surface area contributed by atoms with Crippen molar-refractivity contribution in [3.8, 4) is 5.75 Å². The molecule has 0 saturated heterocycles. The number of carbonyl (C=O) groups excluding carboxylic acids is 2. The summed E-state index contributed by atoms with van der Waals surface area (Å²) in [5.74, 6) is 0.248. The number of hydrogen-bond acceptors (Lipinski definition) is 4. The van der Waals surface area contributed by atoms with Crippen LogP contribution in [0.25, 0.3) is 0 Å². The van der Waals surface area contributed by atoms with E-state index < -0.39 is 11.9 Å². The molecule has 1 atom stereocenters. The maximum atomic E-state index is 12.4. The molecule has 0 spiro atoms. The van der Waals surface area contributed by atoms with Crippen LogP contribution in [0.3, 0.4) is 0 Å². The van der Waals surface area contributed by atoms with Crippen LogP contribution >= 0.6 is 0 Å². The number of ether oxygens (including phenoxy) is 1. The van der Waals surface area contributed by atoms with Crippen molar-refractivity contribution in [2.24, 2.45) is 5.92 Å². The number of rotatable bonds is 7. The van der Waals surface area contributed by atoms with Crippen LogP contribution in [0.5, 0.6) is 5.75 Å². The zero-order valence-corrected chi connectivity index (χ0v) is 14.0. The second kappa shape index (κ2) is 8.19. The van der Waals surface area contributed by atoms with Crippen LogP contribution in [0.15, 0.2) is 47.1 Å². The van der Waals surface area contributed by atoms with E-state index in [4.69, 9.17) is 9.15 Å². The Morgan fingerprint density at radius 1 is 1.17 bits per heavy atom. The first-order valence-corrected chi connectivity index (χ1v) is 7.76. The van der Waals surface area contributed by atoms with Crippen molar-refractivity contribution in [2.75, 3.05) is 7.11 Å². The molecule has 2 amide bonds. The Morgan fingerprint density at radius 3 is 2.42 bits per heavy atom. The zero-order chi connectivity index (χ0) is 17.5. The first-order valence-electron chi connectivity index (χ1n) is 7.76. The predicted molar refractivity (Wildman–Crippen MR) is 89.6 cm³/mol. The number of methoxy groups -OCH3 is 1. The smallest absolute Gasteiger partial charge is 0.287 e. The van der Waals surface area contributed by atoms with Gasteiger partial charge in [0.1, 0.15) is 11.8 Å². The summed E-state index contributed by atoms with van der Waals surface area (Å²) in [4.78, 5) is 24.5. The summed E-state index contributed by atoms with van der Waals surface area (Å²) >= 11 is 0. The summed E-state index contributed by atoms with van der Waals surface area (Å²) < 4.78 is 10.2. The number of benzene rings is 1. The summed E-state index contributed by atoms with van der Waals surface area (Å²) in [5.41, 5.74) is 0.948. The van der Waals surface area contributed by atoms with Gasteiger partial charge in [-0.15, -0.1) is 0 Å². The van der Waals surface area contributed by atoms with E-state index in [1.165, 1.54) is 6.26 Å². The van der Waals surface area contributed by atoms with Crippen molar-refractivity contribution in [3.63, 3.8) is 0 Å². The molecule has 1 aromatic heterocycles. The third-order valence-electron chi connectivity index (χ3n) is 3.61. The molecule has 0 radical (unpaired) electrons. The molecular weight excluding hydrogens is 308 g/mol. The van der Waals surface area contributed by atoms with Crippen LogP contribution in [0.4, 0.5) is 0 Å². The maximum absolute atomic E-state index is 12.4. The van der Waals surface area contributed by atoms with Crippen molar-refractivity contribution < 1.29 is 18.7 Å². The molecule has 0 fully saturated rings. The van der Waals surface area contributed by atoms with Gasteiger partial charge in [-0.3, -0.25) is 9.59 Å². The Kier molecular flexibility index (Phi) is 6.01. The average molecular weight is 330 g/mol. The van der Waals surface area contributed by atoms with Gasteiger partial charge in [-0.2, -0.15) is 0 Å². The first-order chi connectivity index (χ1) is 11.5. The highest BCUT2D eigenvalue weighted by Crippen LogP contribution is 2.11. The lowest BCUT2D eigenvalue weighted by molar-refractivity contribution is -0.124. The second-order valence-electron chi connectivity index (χ2n) is 5.74. The molecule has 6 heteroatoms. The predicted octanol–water partition coefficient (Wildman–Crippen LogP) is 2.36. The Bertz CT molecular complexity index is 663. The van der Waals surface area contributed by atoms with E-state index in [1.807, 2.05) is 38.1 Å². The minimum absolute atomic E-state index is 0.0558. The quantitative estimate of drug-likeness (QED) is 0.817. The van der Waals surface area contributed by atoms with Crippen LogP contribution in [-0.4, -0.2) is 25.0 Å². The molecule has 0 saturated carbocycles. The maximum Gasteiger partial charge on any atom is 0.287 e. The molecule has 0 unspecified atom stereocenters. The summed E-state index contributed by atoms with van der Waals surface area (Å²) in [5, 5.41) is 5.55. The highest BCUT2D eigenvalue weighted by atomic mass is 16.5. The number of hydrogen-bond donors (Lipinski definition) is 2. The van der Waals surface area contributed by atoms with Crippen molar-refractivity contribution in [2.45, 2.75) is 26.4 Å². The van der Waals surface area contributed by atoms with Crippen LogP contribution < -0.4 is 15.4 Å². The number of amides is 2. The summed E-state index contributed by atoms with van der Waals surface area (Å²) in [7, 11) is 1.60. The minimum atomic E-state index is -0.638. The molecule has 2 aromatic rings. The SMILES string of the molecule is COc1ccc(CNC(=O)[C@H](NC(=O)c2ccco2)C(C)C)cc1. The normalized spacial score (nSPS) is 11.8. The van der Waals surface area contributed by atoms with Crippen LogP contribution in [0.1, 0.15) is 30.0 Å². The van der Waals surface area contributed by atoms with Crippen molar-refractivity contribution >= 4 is 11.8 Å². The van der Waals surface area contributed by atoms with Gasteiger partial charge >= 0.3 is 0 Å². The molecule has 0 aliphatic carbocycles.